The number of alkyl halides is 6. The van der Waals surface area contributed by atoms with Crippen molar-refractivity contribution in [2.24, 2.45) is 0 Å². The Morgan fingerprint density at radius 1 is 1.06 bits per heavy atom. The number of benzene rings is 1. The van der Waals surface area contributed by atoms with Crippen LogP contribution in [0.1, 0.15) is 40.1 Å². The van der Waals surface area contributed by atoms with E-state index in [1.165, 1.54) is 37.8 Å². The second-order valence-corrected chi connectivity index (χ2v) is 7.29. The maximum atomic E-state index is 13.5. The molecule has 190 valence electrons. The Kier molecular flexibility index (Phi) is 7.43. The Bertz CT molecular complexity index is 1350. The van der Waals surface area contributed by atoms with Crippen molar-refractivity contribution in [3.8, 4) is 11.6 Å². The van der Waals surface area contributed by atoms with E-state index in [9.17, 15) is 31.1 Å². The summed E-state index contributed by atoms with van der Waals surface area (Å²) in [5.74, 6) is -0.353. The van der Waals surface area contributed by atoms with Crippen molar-refractivity contribution in [1.82, 2.24) is 24.9 Å². The number of nitrogens with zero attached hydrogens (tertiary/aromatic N) is 5. The fourth-order valence-corrected chi connectivity index (χ4v) is 3.21. The molecular formula is C21H16F6N6O2S. The lowest BCUT2D eigenvalue weighted by Gasteiger charge is -2.20. The van der Waals surface area contributed by atoms with Crippen LogP contribution < -0.4 is 5.32 Å². The molecule has 0 spiro atoms. The van der Waals surface area contributed by atoms with Crippen molar-refractivity contribution in [2.45, 2.75) is 25.3 Å². The van der Waals surface area contributed by atoms with Gasteiger partial charge in [-0.25, -0.2) is 9.97 Å². The van der Waals surface area contributed by atoms with Gasteiger partial charge in [-0.05, 0) is 30.7 Å². The summed E-state index contributed by atoms with van der Waals surface area (Å²) in [4.78, 5) is 20.4. The Labute approximate surface area is 205 Å². The topological polar surface area (TPSA) is 98.7 Å². The van der Waals surface area contributed by atoms with Gasteiger partial charge in [-0.1, -0.05) is 11.2 Å². The van der Waals surface area contributed by atoms with Gasteiger partial charge in [0.1, 0.15) is 0 Å². The molecule has 0 aliphatic carbocycles. The van der Waals surface area contributed by atoms with Gasteiger partial charge in [0, 0.05) is 24.7 Å². The SMILES string of the molecule is C[C@@H](c1ccc(C(F)(F)F)cc1C(F)(F)F)n1cc(NC(=O)c2cc(-c3ncccn3)on2)cn1.S. The lowest BCUT2D eigenvalue weighted by atomic mass is 9.98. The first-order valence-electron chi connectivity index (χ1n) is 9.81. The maximum Gasteiger partial charge on any atom is 0.416 e. The van der Waals surface area contributed by atoms with Crippen molar-refractivity contribution in [1.29, 1.82) is 0 Å². The van der Waals surface area contributed by atoms with E-state index < -0.39 is 41.0 Å². The Hall–Kier alpha value is -3.88. The zero-order valence-corrected chi connectivity index (χ0v) is 19.1. The molecule has 15 heteroatoms. The molecule has 0 unspecified atom stereocenters. The summed E-state index contributed by atoms with van der Waals surface area (Å²) >= 11 is 0. The van der Waals surface area contributed by atoms with Gasteiger partial charge >= 0.3 is 12.4 Å². The van der Waals surface area contributed by atoms with Crippen LogP contribution in [0.2, 0.25) is 0 Å². The number of anilines is 1. The smallest absolute Gasteiger partial charge is 0.352 e. The van der Waals surface area contributed by atoms with E-state index in [0.717, 1.165) is 10.7 Å². The molecule has 0 saturated carbocycles. The predicted molar refractivity (Wildman–Crippen MR) is 118 cm³/mol. The first-order valence-corrected chi connectivity index (χ1v) is 9.81. The summed E-state index contributed by atoms with van der Waals surface area (Å²) in [6.07, 6.45) is -4.60. The third-order valence-corrected chi connectivity index (χ3v) is 4.92. The number of carbonyl (C=O) groups is 1. The lowest BCUT2D eigenvalue weighted by Crippen LogP contribution is -2.17. The molecular weight excluding hydrogens is 514 g/mol. The molecule has 0 aliphatic heterocycles. The summed E-state index contributed by atoms with van der Waals surface area (Å²) in [7, 11) is 0. The maximum absolute atomic E-state index is 13.5. The molecule has 0 bridgehead atoms. The molecule has 4 aromatic rings. The first kappa shape index (κ1) is 26.7. The highest BCUT2D eigenvalue weighted by molar-refractivity contribution is 7.59. The zero-order chi connectivity index (χ0) is 25.4. The average Bonchev–Trinajstić information content (AvgIpc) is 3.48. The van der Waals surface area contributed by atoms with Crippen LogP contribution >= 0.6 is 13.5 Å². The van der Waals surface area contributed by atoms with Gasteiger partial charge in [0.05, 0.1) is 29.1 Å². The van der Waals surface area contributed by atoms with Crippen molar-refractivity contribution in [3.05, 3.63) is 77.5 Å². The van der Waals surface area contributed by atoms with E-state index in [1.54, 1.807) is 6.07 Å². The van der Waals surface area contributed by atoms with Crippen LogP contribution in [0.3, 0.4) is 0 Å². The molecule has 1 atom stereocenters. The first-order chi connectivity index (χ1) is 16.4. The minimum atomic E-state index is -5.03. The van der Waals surface area contributed by atoms with E-state index in [0.29, 0.717) is 6.07 Å². The summed E-state index contributed by atoms with van der Waals surface area (Å²) in [6, 6.07) is 3.19. The molecule has 3 aromatic heterocycles. The van der Waals surface area contributed by atoms with Crippen LogP contribution in [0, 0.1) is 0 Å². The van der Waals surface area contributed by atoms with Gasteiger partial charge in [0.15, 0.2) is 11.5 Å². The summed E-state index contributed by atoms with van der Waals surface area (Å²) in [5, 5.41) is 10.0. The Morgan fingerprint density at radius 2 is 1.75 bits per heavy atom. The Balaban J connectivity index is 0.00000361. The standard InChI is InChI=1S/C21H14F6N6O2.H2S/c1-11(14-4-3-12(20(22,23)24)7-15(14)21(25,26)27)33-10-13(9-30-33)31-19(34)16-8-17(35-32-16)18-28-5-2-6-29-18;/h2-11H,1H3,(H,31,34);1H2/t11-;/m0./s1. The highest BCUT2D eigenvalue weighted by atomic mass is 32.1. The minimum Gasteiger partial charge on any atom is -0.352 e. The molecule has 36 heavy (non-hydrogen) atoms. The highest BCUT2D eigenvalue weighted by Crippen LogP contribution is 2.39. The van der Waals surface area contributed by atoms with E-state index in [1.807, 2.05) is 0 Å². The fraction of sp³-hybridized carbons (Fsp3) is 0.190. The van der Waals surface area contributed by atoms with Gasteiger partial charge in [-0.3, -0.25) is 9.48 Å². The minimum absolute atomic E-state index is 0. The third-order valence-electron chi connectivity index (χ3n) is 4.92. The van der Waals surface area contributed by atoms with Crippen LogP contribution in [-0.2, 0) is 12.4 Å². The van der Waals surface area contributed by atoms with Gasteiger partial charge in [-0.2, -0.15) is 44.9 Å². The second-order valence-electron chi connectivity index (χ2n) is 7.29. The molecule has 1 aromatic carbocycles. The number of rotatable bonds is 5. The molecule has 4 rings (SSSR count). The number of amides is 1. The van der Waals surface area contributed by atoms with E-state index in [4.69, 9.17) is 4.52 Å². The van der Waals surface area contributed by atoms with Crippen LogP contribution in [0.15, 0.2) is 59.6 Å². The van der Waals surface area contributed by atoms with Crippen LogP contribution in [0.4, 0.5) is 32.0 Å². The highest BCUT2D eigenvalue weighted by Gasteiger charge is 2.39. The quantitative estimate of drug-likeness (QED) is 0.350. The van der Waals surface area contributed by atoms with Gasteiger partial charge in [0.25, 0.3) is 5.91 Å². The van der Waals surface area contributed by atoms with Crippen LogP contribution in [-0.4, -0.2) is 30.8 Å². The van der Waals surface area contributed by atoms with Gasteiger partial charge in [0.2, 0.25) is 5.76 Å². The van der Waals surface area contributed by atoms with Crippen molar-refractivity contribution in [3.63, 3.8) is 0 Å². The fourth-order valence-electron chi connectivity index (χ4n) is 3.21. The molecule has 0 aliphatic rings. The largest absolute Gasteiger partial charge is 0.416 e. The van der Waals surface area contributed by atoms with Crippen molar-refractivity contribution in [2.75, 3.05) is 5.32 Å². The average molecular weight is 530 g/mol. The molecule has 1 amide bonds. The molecule has 0 radical (unpaired) electrons. The zero-order valence-electron chi connectivity index (χ0n) is 18.1. The summed E-state index contributed by atoms with van der Waals surface area (Å²) in [6.45, 7) is 1.33. The monoisotopic (exact) mass is 530 g/mol. The van der Waals surface area contributed by atoms with Crippen molar-refractivity contribution >= 4 is 25.1 Å². The number of nitrogens with one attached hydrogen (secondary N) is 1. The van der Waals surface area contributed by atoms with Crippen LogP contribution in [0.5, 0.6) is 0 Å². The predicted octanol–water partition coefficient (Wildman–Crippen LogP) is 5.34. The van der Waals surface area contributed by atoms with Crippen molar-refractivity contribution < 1.29 is 35.7 Å². The molecule has 1 N–H and O–H groups in total. The van der Waals surface area contributed by atoms with Gasteiger partial charge < -0.3 is 9.84 Å². The molecule has 8 nitrogen and oxygen atoms in total. The summed E-state index contributed by atoms with van der Waals surface area (Å²) in [5.41, 5.74) is -3.27. The van der Waals surface area contributed by atoms with E-state index in [2.05, 4.69) is 25.5 Å². The third kappa shape index (κ3) is 5.67. The molecule has 0 saturated heterocycles. The Morgan fingerprint density at radius 3 is 2.39 bits per heavy atom. The van der Waals surface area contributed by atoms with E-state index in [-0.39, 0.29) is 42.5 Å². The lowest BCUT2D eigenvalue weighted by molar-refractivity contribution is -0.143. The number of halogens is 6. The second kappa shape index (κ2) is 10.0. The van der Waals surface area contributed by atoms with Crippen LogP contribution in [0.25, 0.3) is 11.6 Å². The molecule has 0 fully saturated rings. The number of hydrogen-bond acceptors (Lipinski definition) is 6. The summed E-state index contributed by atoms with van der Waals surface area (Å²) < 4.78 is 85.4. The number of carbonyl (C=O) groups excluding carboxylic acids is 1. The number of aromatic nitrogens is 5. The normalized spacial score (nSPS) is 12.6. The molecule has 3 heterocycles. The van der Waals surface area contributed by atoms with E-state index >= 15 is 0 Å². The van der Waals surface area contributed by atoms with Gasteiger partial charge in [-0.15, -0.1) is 0 Å². The number of hydrogen-bond donors (Lipinski definition) is 1.